The van der Waals surface area contributed by atoms with E-state index in [1.807, 2.05) is 6.92 Å². The zero-order chi connectivity index (χ0) is 15.6. The predicted octanol–water partition coefficient (Wildman–Crippen LogP) is 3.89. The normalized spacial score (nSPS) is 12.0. The quantitative estimate of drug-likeness (QED) is 0.874. The highest BCUT2D eigenvalue weighted by molar-refractivity contribution is 6.34. The summed E-state index contributed by atoms with van der Waals surface area (Å²) in [5.74, 6) is -0.539. The van der Waals surface area contributed by atoms with Crippen LogP contribution in [0.1, 0.15) is 28.9 Å². The van der Waals surface area contributed by atoms with Gasteiger partial charge >= 0.3 is 0 Å². The highest BCUT2D eigenvalue weighted by atomic mass is 35.5. The van der Waals surface area contributed by atoms with Crippen molar-refractivity contribution in [2.24, 2.45) is 0 Å². The molecule has 110 valence electrons. The molecular weight excluding hydrogens is 291 g/mol. The second-order valence-corrected chi connectivity index (χ2v) is 5.29. The molecule has 2 aromatic carbocycles. The van der Waals surface area contributed by atoms with Gasteiger partial charge in [0.25, 0.3) is 5.91 Å². The van der Waals surface area contributed by atoms with Gasteiger partial charge in [0, 0.05) is 12.7 Å². The van der Waals surface area contributed by atoms with Gasteiger partial charge in [-0.2, -0.15) is 0 Å². The van der Waals surface area contributed by atoms with Crippen LogP contribution in [0.3, 0.4) is 0 Å². The number of nitrogen functional groups attached to an aromatic ring is 1. The van der Waals surface area contributed by atoms with E-state index in [9.17, 15) is 9.18 Å². The largest absolute Gasteiger partial charge is 0.399 e. The monoisotopic (exact) mass is 306 g/mol. The second-order valence-electron chi connectivity index (χ2n) is 4.88. The Bertz CT molecular complexity index is 658. The number of carbonyl (C=O) groups excluding carboxylic acids is 1. The Morgan fingerprint density at radius 2 is 1.86 bits per heavy atom. The van der Waals surface area contributed by atoms with E-state index in [2.05, 4.69) is 0 Å². The van der Waals surface area contributed by atoms with E-state index in [0.717, 1.165) is 5.56 Å². The Kier molecular flexibility index (Phi) is 4.48. The first-order valence-electron chi connectivity index (χ1n) is 6.48. The summed E-state index contributed by atoms with van der Waals surface area (Å²) in [6, 6.07) is 10.6. The maximum absolute atomic E-state index is 13.0. The average Bonchev–Trinajstić information content (AvgIpc) is 2.48. The summed E-state index contributed by atoms with van der Waals surface area (Å²) in [5, 5.41) is 0.354. The van der Waals surface area contributed by atoms with E-state index in [1.54, 1.807) is 42.3 Å². The lowest BCUT2D eigenvalue weighted by atomic mass is 10.1. The Morgan fingerprint density at radius 1 is 1.24 bits per heavy atom. The van der Waals surface area contributed by atoms with E-state index < -0.39 is 0 Å². The van der Waals surface area contributed by atoms with Gasteiger partial charge in [0.2, 0.25) is 0 Å². The zero-order valence-corrected chi connectivity index (χ0v) is 12.6. The molecule has 21 heavy (non-hydrogen) atoms. The minimum absolute atomic E-state index is 0.212. The molecule has 0 radical (unpaired) electrons. The molecule has 1 atom stereocenters. The number of nitrogens with two attached hydrogens (primary N) is 1. The lowest BCUT2D eigenvalue weighted by Crippen LogP contribution is -2.30. The molecule has 0 fully saturated rings. The number of hydrogen-bond donors (Lipinski definition) is 1. The van der Waals surface area contributed by atoms with E-state index >= 15 is 0 Å². The number of amides is 1. The molecule has 2 rings (SSSR count). The van der Waals surface area contributed by atoms with E-state index in [-0.39, 0.29) is 17.8 Å². The first-order valence-corrected chi connectivity index (χ1v) is 6.85. The molecule has 0 saturated heterocycles. The van der Waals surface area contributed by atoms with E-state index in [0.29, 0.717) is 16.3 Å². The summed E-state index contributed by atoms with van der Waals surface area (Å²) in [4.78, 5) is 14.1. The number of carbonyl (C=O) groups is 1. The third kappa shape index (κ3) is 3.34. The van der Waals surface area contributed by atoms with Gasteiger partial charge in [0.1, 0.15) is 5.82 Å². The van der Waals surface area contributed by atoms with E-state index in [1.165, 1.54) is 12.1 Å². The van der Waals surface area contributed by atoms with Crippen molar-refractivity contribution < 1.29 is 9.18 Å². The smallest absolute Gasteiger partial charge is 0.255 e. The molecule has 3 nitrogen and oxygen atoms in total. The predicted molar refractivity (Wildman–Crippen MR) is 82.8 cm³/mol. The van der Waals surface area contributed by atoms with Crippen LogP contribution in [0, 0.1) is 5.82 Å². The van der Waals surface area contributed by atoms with Crippen LogP contribution in [0.25, 0.3) is 0 Å². The van der Waals surface area contributed by atoms with Crippen molar-refractivity contribution in [2.75, 3.05) is 12.8 Å². The lowest BCUT2D eigenvalue weighted by molar-refractivity contribution is 0.0743. The number of halogens is 2. The van der Waals surface area contributed by atoms with Crippen molar-refractivity contribution in [2.45, 2.75) is 13.0 Å². The lowest BCUT2D eigenvalue weighted by Gasteiger charge is -2.26. The van der Waals surface area contributed by atoms with Gasteiger partial charge in [-0.05, 0) is 42.8 Å². The maximum atomic E-state index is 13.0. The van der Waals surface area contributed by atoms with Crippen molar-refractivity contribution in [3.8, 4) is 0 Å². The first-order chi connectivity index (χ1) is 9.90. The molecule has 2 N–H and O–H groups in total. The van der Waals surface area contributed by atoms with Crippen molar-refractivity contribution in [1.29, 1.82) is 0 Å². The first kappa shape index (κ1) is 15.3. The van der Waals surface area contributed by atoms with Gasteiger partial charge < -0.3 is 10.6 Å². The van der Waals surface area contributed by atoms with Crippen LogP contribution in [0.4, 0.5) is 10.1 Å². The Morgan fingerprint density at radius 3 is 2.48 bits per heavy atom. The summed E-state index contributed by atoms with van der Waals surface area (Å²) in [5.41, 5.74) is 7.37. The van der Waals surface area contributed by atoms with Crippen molar-refractivity contribution >= 4 is 23.2 Å². The van der Waals surface area contributed by atoms with Gasteiger partial charge in [-0.1, -0.05) is 23.7 Å². The zero-order valence-electron chi connectivity index (χ0n) is 11.8. The van der Waals surface area contributed by atoms with Crippen LogP contribution in [0.2, 0.25) is 5.02 Å². The summed E-state index contributed by atoms with van der Waals surface area (Å²) in [6.07, 6.45) is 0. The van der Waals surface area contributed by atoms with Crippen LogP contribution in [0.15, 0.2) is 42.5 Å². The van der Waals surface area contributed by atoms with Crippen LogP contribution < -0.4 is 5.73 Å². The molecule has 0 aromatic heterocycles. The van der Waals surface area contributed by atoms with Gasteiger partial charge in [-0.3, -0.25) is 4.79 Å². The molecule has 0 heterocycles. The summed E-state index contributed by atoms with van der Waals surface area (Å²) in [6.45, 7) is 1.87. The van der Waals surface area contributed by atoms with Gasteiger partial charge in [-0.15, -0.1) is 0 Å². The van der Waals surface area contributed by atoms with Crippen LogP contribution in [0.5, 0.6) is 0 Å². The molecule has 0 saturated carbocycles. The molecule has 2 aromatic rings. The number of nitrogens with zero attached hydrogens (tertiary/aromatic N) is 1. The molecule has 0 spiro atoms. The SMILES string of the molecule is CC(c1ccc(F)cc1)N(C)C(=O)c1cc(N)ccc1Cl. The van der Waals surface area contributed by atoms with Gasteiger partial charge in [0.15, 0.2) is 0 Å². The van der Waals surface area contributed by atoms with Crippen LogP contribution in [-0.2, 0) is 0 Å². The standard InChI is InChI=1S/C16H16ClFN2O/c1-10(11-3-5-12(18)6-4-11)20(2)16(21)14-9-13(19)7-8-15(14)17/h3-10H,19H2,1-2H3. The second kappa shape index (κ2) is 6.14. The number of anilines is 1. The van der Waals surface area contributed by atoms with Crippen LogP contribution in [-0.4, -0.2) is 17.9 Å². The highest BCUT2D eigenvalue weighted by Crippen LogP contribution is 2.25. The van der Waals surface area contributed by atoms with Crippen molar-refractivity contribution in [1.82, 2.24) is 4.90 Å². The fourth-order valence-corrected chi connectivity index (χ4v) is 2.24. The van der Waals surface area contributed by atoms with Gasteiger partial charge in [0.05, 0.1) is 16.6 Å². The fraction of sp³-hybridized carbons (Fsp3) is 0.188. The molecule has 1 amide bonds. The minimum Gasteiger partial charge on any atom is -0.399 e. The van der Waals surface area contributed by atoms with Crippen molar-refractivity contribution in [3.63, 3.8) is 0 Å². The Balaban J connectivity index is 2.26. The van der Waals surface area contributed by atoms with Gasteiger partial charge in [-0.25, -0.2) is 4.39 Å². The van der Waals surface area contributed by atoms with E-state index in [4.69, 9.17) is 17.3 Å². The summed E-state index contributed by atoms with van der Waals surface area (Å²) < 4.78 is 13.0. The highest BCUT2D eigenvalue weighted by Gasteiger charge is 2.21. The third-order valence-electron chi connectivity index (χ3n) is 3.47. The molecule has 5 heteroatoms. The van der Waals surface area contributed by atoms with Crippen LogP contribution >= 0.6 is 11.6 Å². The molecule has 0 bridgehead atoms. The third-order valence-corrected chi connectivity index (χ3v) is 3.80. The Hall–Kier alpha value is -2.07. The van der Waals surface area contributed by atoms with Crippen molar-refractivity contribution in [3.05, 3.63) is 64.4 Å². The molecule has 1 unspecified atom stereocenters. The number of hydrogen-bond acceptors (Lipinski definition) is 2. The molecule has 0 aliphatic rings. The Labute approximate surface area is 128 Å². The average molecular weight is 307 g/mol. The summed E-state index contributed by atoms with van der Waals surface area (Å²) >= 11 is 6.05. The molecular formula is C16H16ClFN2O. The number of benzene rings is 2. The minimum atomic E-state index is -0.307. The molecule has 0 aliphatic carbocycles. The fourth-order valence-electron chi connectivity index (χ4n) is 2.04. The molecule has 0 aliphatic heterocycles. The topological polar surface area (TPSA) is 46.3 Å². The summed E-state index contributed by atoms with van der Waals surface area (Å²) in [7, 11) is 1.68. The number of rotatable bonds is 3. The maximum Gasteiger partial charge on any atom is 0.255 e.